The molecule has 0 atom stereocenters. The molecular weight excluding hydrogens is 262 g/mol. The van der Waals surface area contributed by atoms with Crippen LogP contribution in [0.4, 0.5) is 5.69 Å². The van der Waals surface area contributed by atoms with Gasteiger partial charge in [-0.15, -0.1) is 0 Å². The van der Waals surface area contributed by atoms with Crippen LogP contribution in [-0.2, 0) is 4.74 Å². The van der Waals surface area contributed by atoms with Crippen LogP contribution in [0.3, 0.4) is 0 Å². The van der Waals surface area contributed by atoms with Gasteiger partial charge >= 0.3 is 11.7 Å². The minimum atomic E-state index is -0.922. The number of nitro groups is 1. The fourth-order valence-corrected chi connectivity index (χ4v) is 1.21. The lowest BCUT2D eigenvalue weighted by Gasteiger charge is -2.02. The summed E-state index contributed by atoms with van der Waals surface area (Å²) in [6.45, 7) is 5.71. The third-order valence-corrected chi connectivity index (χ3v) is 1.78. The topological polar surface area (TPSA) is 95.2 Å². The Bertz CT molecular complexity index is 451. The Hall–Kier alpha value is -1.76. The van der Waals surface area contributed by atoms with Gasteiger partial charge < -0.3 is 4.74 Å². The molecule has 0 aliphatic carbocycles. The van der Waals surface area contributed by atoms with Gasteiger partial charge in [-0.05, 0) is 6.92 Å². The fourth-order valence-electron chi connectivity index (χ4n) is 0.933. The van der Waals surface area contributed by atoms with Gasteiger partial charge in [-0.1, -0.05) is 31.9 Å². The molecule has 0 N–H and O–H groups in total. The van der Waals surface area contributed by atoms with E-state index in [0.717, 1.165) is 7.11 Å². The summed E-state index contributed by atoms with van der Waals surface area (Å²) in [5.41, 5.74) is -1.09. The highest BCUT2D eigenvalue weighted by Gasteiger charge is 2.28. The number of aryl methyl sites for hydroxylation is 1. The third kappa shape index (κ3) is 4.25. The van der Waals surface area contributed by atoms with Crippen molar-refractivity contribution in [3.05, 3.63) is 26.8 Å². The normalized spacial score (nSPS) is 9.17. The summed E-state index contributed by atoms with van der Waals surface area (Å²) in [5, 5.41) is 10.2. The number of nitrogens with zero attached hydrogens (tertiary/aromatic N) is 3. The Morgan fingerprint density at radius 3 is 2.33 bits per heavy atom. The molecule has 0 radical (unpaired) electrons. The lowest BCUT2D eigenvalue weighted by atomic mass is 10.3. The highest BCUT2D eigenvalue weighted by Crippen LogP contribution is 2.25. The fraction of sp³-hybridized carbons (Fsp3) is 0.500. The van der Waals surface area contributed by atoms with Crippen LogP contribution in [0.25, 0.3) is 0 Å². The van der Waals surface area contributed by atoms with Crippen molar-refractivity contribution < 1.29 is 14.5 Å². The van der Waals surface area contributed by atoms with Crippen molar-refractivity contribution in [2.24, 2.45) is 0 Å². The first kappa shape index (κ1) is 16.2. The van der Waals surface area contributed by atoms with E-state index in [1.807, 2.05) is 0 Å². The van der Waals surface area contributed by atoms with Gasteiger partial charge in [0, 0.05) is 0 Å². The molecule has 0 aliphatic heterocycles. The van der Waals surface area contributed by atoms with Gasteiger partial charge in [-0.25, -0.2) is 14.8 Å². The Morgan fingerprint density at radius 2 is 1.94 bits per heavy atom. The maximum atomic E-state index is 11.2. The highest BCUT2D eigenvalue weighted by molar-refractivity contribution is 6.32. The van der Waals surface area contributed by atoms with Crippen LogP contribution in [0.15, 0.2) is 0 Å². The van der Waals surface area contributed by atoms with Gasteiger partial charge in [0.1, 0.15) is 5.82 Å². The molecule has 0 spiro atoms. The second-order valence-electron chi connectivity index (χ2n) is 3.21. The number of halogens is 1. The van der Waals surface area contributed by atoms with Crippen molar-refractivity contribution in [2.75, 3.05) is 7.11 Å². The van der Waals surface area contributed by atoms with Crippen LogP contribution >= 0.6 is 11.6 Å². The third-order valence-electron chi connectivity index (χ3n) is 1.51. The molecule has 0 unspecified atom stereocenters. The van der Waals surface area contributed by atoms with Crippen molar-refractivity contribution in [2.45, 2.75) is 27.2 Å². The molecule has 0 bridgehead atoms. The molecule has 0 fully saturated rings. The summed E-state index contributed by atoms with van der Waals surface area (Å²) in [6, 6.07) is 0. The molecule has 0 saturated carbocycles. The number of carbonyl (C=O) groups is 1. The van der Waals surface area contributed by atoms with Crippen LogP contribution in [0, 0.1) is 17.0 Å². The monoisotopic (exact) mass is 275 g/mol. The van der Waals surface area contributed by atoms with Crippen LogP contribution in [0.2, 0.25) is 5.15 Å². The van der Waals surface area contributed by atoms with Crippen LogP contribution < -0.4 is 0 Å². The number of ether oxygens (including phenoxy) is 1. The number of hydrogen-bond acceptors (Lipinski definition) is 6. The van der Waals surface area contributed by atoms with E-state index in [0.29, 0.717) is 0 Å². The molecule has 0 aliphatic rings. The van der Waals surface area contributed by atoms with E-state index in [1.54, 1.807) is 0 Å². The van der Waals surface area contributed by atoms with Gasteiger partial charge in [0.25, 0.3) is 0 Å². The molecule has 18 heavy (non-hydrogen) atoms. The molecule has 100 valence electrons. The van der Waals surface area contributed by atoms with E-state index < -0.39 is 22.3 Å². The van der Waals surface area contributed by atoms with E-state index in [1.165, 1.54) is 13.3 Å². The Labute approximate surface area is 109 Å². The Balaban J connectivity index is 0.000000873. The highest BCUT2D eigenvalue weighted by atomic mass is 35.5. The molecule has 0 saturated heterocycles. The lowest BCUT2D eigenvalue weighted by molar-refractivity contribution is -0.385. The number of methoxy groups -OCH3 is 1. The maximum Gasteiger partial charge on any atom is 0.364 e. The standard InChI is InChI=1S/C7H6ClN3O4.C3H8/c1-3-9-4(7(12)15-2)5(11(13)14)6(8)10-3;1-3-2/h1-2H3;3H2,1-2H3. The first-order valence-corrected chi connectivity index (χ1v) is 5.53. The van der Waals surface area contributed by atoms with Gasteiger partial charge in [-0.2, -0.15) is 0 Å². The van der Waals surface area contributed by atoms with Gasteiger partial charge in [0.05, 0.1) is 12.0 Å². The van der Waals surface area contributed by atoms with Gasteiger partial charge in [-0.3, -0.25) is 10.1 Å². The zero-order valence-electron chi connectivity index (χ0n) is 10.6. The summed E-state index contributed by atoms with van der Waals surface area (Å²) in [5.74, 6) is -0.764. The average molecular weight is 276 g/mol. The summed E-state index contributed by atoms with van der Waals surface area (Å²) < 4.78 is 4.34. The van der Waals surface area contributed by atoms with Gasteiger partial charge in [0.2, 0.25) is 10.8 Å². The van der Waals surface area contributed by atoms with Gasteiger partial charge in [0.15, 0.2) is 0 Å². The Kier molecular flexibility index (Phi) is 6.81. The first-order valence-electron chi connectivity index (χ1n) is 5.15. The quantitative estimate of drug-likeness (QED) is 0.356. The smallest absolute Gasteiger partial charge is 0.364 e. The van der Waals surface area contributed by atoms with Crippen molar-refractivity contribution >= 4 is 23.3 Å². The van der Waals surface area contributed by atoms with Crippen molar-refractivity contribution in [1.29, 1.82) is 0 Å². The van der Waals surface area contributed by atoms with E-state index in [-0.39, 0.29) is 11.0 Å². The van der Waals surface area contributed by atoms with Crippen molar-refractivity contribution in [1.82, 2.24) is 9.97 Å². The average Bonchev–Trinajstić information content (AvgIpc) is 2.27. The predicted octanol–water partition coefficient (Wildman–Crippen LogP) is 2.55. The molecule has 1 heterocycles. The summed E-state index contributed by atoms with van der Waals surface area (Å²) in [6.07, 6.45) is 1.25. The molecule has 0 amide bonds. The van der Waals surface area contributed by atoms with E-state index in [2.05, 4.69) is 28.6 Å². The second kappa shape index (κ2) is 7.54. The zero-order valence-corrected chi connectivity index (χ0v) is 11.3. The van der Waals surface area contributed by atoms with Crippen LogP contribution in [-0.4, -0.2) is 28.0 Å². The predicted molar refractivity (Wildman–Crippen MR) is 65.7 cm³/mol. The molecule has 8 heteroatoms. The largest absolute Gasteiger partial charge is 0.464 e. The minimum absolute atomic E-state index is 0.158. The molecule has 1 aromatic heterocycles. The summed E-state index contributed by atoms with van der Waals surface area (Å²) in [7, 11) is 1.09. The second-order valence-corrected chi connectivity index (χ2v) is 3.57. The molecule has 1 aromatic rings. The number of aromatic nitrogens is 2. The first-order chi connectivity index (χ1) is 8.38. The minimum Gasteiger partial charge on any atom is -0.464 e. The molecule has 0 aromatic carbocycles. The zero-order chi connectivity index (χ0) is 14.3. The number of esters is 1. The number of hydrogen-bond donors (Lipinski definition) is 0. The van der Waals surface area contributed by atoms with Crippen LogP contribution in [0.1, 0.15) is 36.6 Å². The van der Waals surface area contributed by atoms with Crippen molar-refractivity contribution in [3.63, 3.8) is 0 Å². The molecule has 1 rings (SSSR count). The number of rotatable bonds is 2. The summed E-state index contributed by atoms with van der Waals surface area (Å²) >= 11 is 5.53. The van der Waals surface area contributed by atoms with Crippen molar-refractivity contribution in [3.8, 4) is 0 Å². The molecular formula is C10H14ClN3O4. The van der Waals surface area contributed by atoms with Crippen LogP contribution in [0.5, 0.6) is 0 Å². The van der Waals surface area contributed by atoms with E-state index in [4.69, 9.17) is 11.6 Å². The van der Waals surface area contributed by atoms with E-state index >= 15 is 0 Å². The SMILES string of the molecule is CCC.COC(=O)c1nc(C)nc(Cl)c1[N+](=O)[O-]. The lowest BCUT2D eigenvalue weighted by Crippen LogP contribution is -2.11. The Morgan fingerprint density at radius 1 is 1.44 bits per heavy atom. The summed E-state index contributed by atoms with van der Waals surface area (Å²) in [4.78, 5) is 28.1. The van der Waals surface area contributed by atoms with E-state index in [9.17, 15) is 14.9 Å². The number of carbonyl (C=O) groups excluding carboxylic acids is 1. The molecule has 7 nitrogen and oxygen atoms in total. The maximum absolute atomic E-state index is 11.2.